The van der Waals surface area contributed by atoms with E-state index in [0.29, 0.717) is 11.8 Å². The van der Waals surface area contributed by atoms with Crippen LogP contribution in [0.25, 0.3) is 11.4 Å². The second kappa shape index (κ2) is 7.59. The third kappa shape index (κ3) is 3.72. The molecule has 1 N–H and O–H groups in total. The first-order chi connectivity index (χ1) is 11.3. The molecule has 3 rings (SSSR count). The van der Waals surface area contributed by atoms with E-state index in [4.69, 9.17) is 0 Å². The van der Waals surface area contributed by atoms with Crippen molar-refractivity contribution in [1.82, 2.24) is 25.1 Å². The molecule has 0 aliphatic heterocycles. The smallest absolute Gasteiger partial charge is 0.230 e. The monoisotopic (exact) mass is 331 g/mol. The number of carbonyl (C=O) groups is 1. The van der Waals surface area contributed by atoms with E-state index in [1.807, 2.05) is 18.3 Å². The van der Waals surface area contributed by atoms with E-state index in [2.05, 4.69) is 25.1 Å². The largest absolute Gasteiger partial charge is 0.358 e. The van der Waals surface area contributed by atoms with Crippen molar-refractivity contribution in [2.45, 2.75) is 43.3 Å². The Labute approximate surface area is 140 Å². The second-order valence-electron chi connectivity index (χ2n) is 5.67. The summed E-state index contributed by atoms with van der Waals surface area (Å²) in [6.07, 6.45) is 9.60. The van der Waals surface area contributed by atoms with Crippen LogP contribution in [0.4, 0.5) is 0 Å². The fraction of sp³-hybridized carbons (Fsp3) is 0.500. The number of rotatable bonds is 5. The van der Waals surface area contributed by atoms with E-state index in [1.54, 1.807) is 13.2 Å². The van der Waals surface area contributed by atoms with E-state index >= 15 is 0 Å². The molecule has 0 unspecified atom stereocenters. The van der Waals surface area contributed by atoms with Gasteiger partial charge in [-0.3, -0.25) is 14.3 Å². The van der Waals surface area contributed by atoms with Crippen LogP contribution >= 0.6 is 11.8 Å². The molecule has 7 heteroatoms. The molecule has 0 radical (unpaired) electrons. The van der Waals surface area contributed by atoms with Gasteiger partial charge in [0.25, 0.3) is 0 Å². The summed E-state index contributed by atoms with van der Waals surface area (Å²) in [6, 6.07) is 4.32. The molecule has 1 aliphatic rings. The molecule has 2 aromatic rings. The highest BCUT2D eigenvalue weighted by molar-refractivity contribution is 7.99. The highest BCUT2D eigenvalue weighted by Crippen LogP contribution is 2.35. The van der Waals surface area contributed by atoms with Crippen molar-refractivity contribution in [2.75, 3.05) is 12.8 Å². The summed E-state index contributed by atoms with van der Waals surface area (Å²) in [5.74, 6) is 1.20. The minimum Gasteiger partial charge on any atom is -0.358 e. The first-order valence-electron chi connectivity index (χ1n) is 7.98. The maximum Gasteiger partial charge on any atom is 0.230 e. The summed E-state index contributed by atoms with van der Waals surface area (Å²) >= 11 is 1.45. The van der Waals surface area contributed by atoms with Gasteiger partial charge in [-0.15, -0.1) is 10.2 Å². The van der Waals surface area contributed by atoms with Crippen LogP contribution in [0.1, 0.15) is 38.1 Å². The summed E-state index contributed by atoms with van der Waals surface area (Å²) in [6.45, 7) is 0. The van der Waals surface area contributed by atoms with Gasteiger partial charge in [-0.2, -0.15) is 0 Å². The maximum absolute atomic E-state index is 11.6. The number of hydrogen-bond acceptors (Lipinski definition) is 5. The van der Waals surface area contributed by atoms with Gasteiger partial charge < -0.3 is 5.32 Å². The molecular weight excluding hydrogens is 310 g/mol. The van der Waals surface area contributed by atoms with E-state index in [9.17, 15) is 4.79 Å². The molecule has 0 saturated heterocycles. The zero-order valence-corrected chi connectivity index (χ0v) is 14.1. The fourth-order valence-electron chi connectivity index (χ4n) is 2.94. The van der Waals surface area contributed by atoms with Gasteiger partial charge in [0, 0.05) is 31.0 Å². The Morgan fingerprint density at radius 3 is 2.87 bits per heavy atom. The molecule has 0 atom stereocenters. The highest BCUT2D eigenvalue weighted by atomic mass is 32.2. The number of aromatic nitrogens is 4. The molecular formula is C16H21N5OS. The first-order valence-corrected chi connectivity index (χ1v) is 8.97. The van der Waals surface area contributed by atoms with Crippen molar-refractivity contribution in [3.05, 3.63) is 24.5 Å². The normalized spacial score (nSPS) is 15.5. The van der Waals surface area contributed by atoms with Gasteiger partial charge >= 0.3 is 0 Å². The minimum atomic E-state index is -0.00359. The molecule has 2 heterocycles. The van der Waals surface area contributed by atoms with Crippen LogP contribution in [0.2, 0.25) is 0 Å². The Balaban J connectivity index is 1.92. The van der Waals surface area contributed by atoms with E-state index < -0.39 is 0 Å². The van der Waals surface area contributed by atoms with Crippen molar-refractivity contribution in [3.8, 4) is 11.4 Å². The van der Waals surface area contributed by atoms with Gasteiger partial charge in [0.1, 0.15) is 0 Å². The van der Waals surface area contributed by atoms with E-state index in [0.717, 1.165) is 29.4 Å². The molecule has 1 fully saturated rings. The molecule has 0 bridgehead atoms. The number of amides is 1. The molecule has 1 saturated carbocycles. The van der Waals surface area contributed by atoms with E-state index in [1.165, 1.54) is 31.0 Å². The zero-order chi connectivity index (χ0) is 16.1. The summed E-state index contributed by atoms with van der Waals surface area (Å²) < 4.78 is 2.21. The lowest BCUT2D eigenvalue weighted by atomic mass is 9.95. The topological polar surface area (TPSA) is 72.7 Å². The highest BCUT2D eigenvalue weighted by Gasteiger charge is 2.24. The zero-order valence-electron chi connectivity index (χ0n) is 13.2. The van der Waals surface area contributed by atoms with Crippen LogP contribution in [0.3, 0.4) is 0 Å². The van der Waals surface area contributed by atoms with Crippen LogP contribution in [0.15, 0.2) is 29.7 Å². The van der Waals surface area contributed by atoms with Crippen LogP contribution in [0.5, 0.6) is 0 Å². The van der Waals surface area contributed by atoms with Crippen LogP contribution in [-0.2, 0) is 4.79 Å². The number of carbonyl (C=O) groups excluding carboxylic acids is 1. The first kappa shape index (κ1) is 16.0. The van der Waals surface area contributed by atoms with Crippen LogP contribution in [0, 0.1) is 0 Å². The van der Waals surface area contributed by atoms with Crippen molar-refractivity contribution >= 4 is 17.7 Å². The Kier molecular flexibility index (Phi) is 5.27. The van der Waals surface area contributed by atoms with Gasteiger partial charge in [-0.25, -0.2) is 0 Å². The van der Waals surface area contributed by atoms with Crippen LogP contribution in [-0.4, -0.2) is 38.5 Å². The fourth-order valence-corrected chi connectivity index (χ4v) is 3.82. The molecule has 2 aromatic heterocycles. The van der Waals surface area contributed by atoms with Crippen molar-refractivity contribution in [1.29, 1.82) is 0 Å². The van der Waals surface area contributed by atoms with Gasteiger partial charge in [-0.05, 0) is 25.0 Å². The summed E-state index contributed by atoms with van der Waals surface area (Å²) in [5, 5.41) is 12.2. The van der Waals surface area contributed by atoms with E-state index in [-0.39, 0.29) is 5.91 Å². The lowest BCUT2D eigenvalue weighted by molar-refractivity contribution is -0.118. The molecule has 23 heavy (non-hydrogen) atoms. The summed E-state index contributed by atoms with van der Waals surface area (Å²) in [5.41, 5.74) is 0.970. The SMILES string of the molecule is CNC(=O)CSc1nnc(-c2cccnc2)n1C1CCCCC1. The van der Waals surface area contributed by atoms with Gasteiger partial charge in [-0.1, -0.05) is 31.0 Å². The summed E-state index contributed by atoms with van der Waals surface area (Å²) in [4.78, 5) is 15.7. The average molecular weight is 331 g/mol. The Morgan fingerprint density at radius 2 is 2.17 bits per heavy atom. The predicted molar refractivity (Wildman–Crippen MR) is 90.2 cm³/mol. The molecule has 1 aliphatic carbocycles. The standard InChI is InChI=1S/C16H21N5OS/c1-17-14(22)11-23-16-20-19-15(12-6-5-9-18-10-12)21(16)13-7-3-2-4-8-13/h5-6,9-10,13H,2-4,7-8,11H2,1H3,(H,17,22). The quantitative estimate of drug-likeness (QED) is 0.853. The summed E-state index contributed by atoms with van der Waals surface area (Å²) in [7, 11) is 1.65. The lowest BCUT2D eigenvalue weighted by Crippen LogP contribution is -2.20. The molecule has 6 nitrogen and oxygen atoms in total. The third-order valence-electron chi connectivity index (χ3n) is 4.14. The number of nitrogens with zero attached hydrogens (tertiary/aromatic N) is 4. The molecule has 0 aromatic carbocycles. The Bertz CT molecular complexity index is 652. The van der Waals surface area contributed by atoms with Gasteiger partial charge in [0.2, 0.25) is 5.91 Å². The van der Waals surface area contributed by atoms with Gasteiger partial charge in [0.05, 0.1) is 5.75 Å². The van der Waals surface area contributed by atoms with Crippen molar-refractivity contribution < 1.29 is 4.79 Å². The molecule has 0 spiro atoms. The Hall–Kier alpha value is -1.89. The average Bonchev–Trinajstić information content (AvgIpc) is 3.05. The maximum atomic E-state index is 11.6. The Morgan fingerprint density at radius 1 is 1.35 bits per heavy atom. The third-order valence-corrected chi connectivity index (χ3v) is 5.08. The van der Waals surface area contributed by atoms with Crippen molar-refractivity contribution in [3.63, 3.8) is 0 Å². The van der Waals surface area contributed by atoms with Crippen LogP contribution < -0.4 is 5.32 Å². The molecule has 1 amide bonds. The second-order valence-corrected chi connectivity index (χ2v) is 6.61. The number of pyridine rings is 1. The van der Waals surface area contributed by atoms with Gasteiger partial charge in [0.15, 0.2) is 11.0 Å². The number of hydrogen-bond donors (Lipinski definition) is 1. The number of thioether (sulfide) groups is 1. The van der Waals surface area contributed by atoms with Crippen molar-refractivity contribution in [2.24, 2.45) is 0 Å². The number of nitrogens with one attached hydrogen (secondary N) is 1. The lowest BCUT2D eigenvalue weighted by Gasteiger charge is -2.25. The minimum absolute atomic E-state index is 0.00359. The predicted octanol–water partition coefficient (Wildman–Crippen LogP) is 2.68. The molecule has 122 valence electrons.